The molecule has 8 aliphatic heterocycles. The number of piperidine rings is 1. The van der Waals surface area contributed by atoms with Gasteiger partial charge in [0.15, 0.2) is 23.0 Å². The van der Waals surface area contributed by atoms with E-state index in [1.54, 1.807) is 6.07 Å². The molecule has 0 unspecified atom stereocenters. The largest absolute Gasteiger partial charge is 0.491 e. The summed E-state index contributed by atoms with van der Waals surface area (Å²) >= 11 is 0. The minimum atomic E-state index is -4.73. The number of carbonyl (C=O) groups is 1. The number of piperazine rings is 1. The van der Waals surface area contributed by atoms with Crippen molar-refractivity contribution in [2.24, 2.45) is 11.3 Å². The number of amides is 1. The predicted octanol–water partition coefficient (Wildman–Crippen LogP) is 8.24. The van der Waals surface area contributed by atoms with Crippen LogP contribution in [-0.2, 0) is 30.8 Å². The topological polar surface area (TPSA) is 250 Å². The Bertz CT molecular complexity index is 3750. The van der Waals surface area contributed by atoms with Crippen LogP contribution in [0.25, 0.3) is 11.0 Å². The molecule has 1 amide bonds. The van der Waals surface area contributed by atoms with Crippen LogP contribution in [0, 0.1) is 21.4 Å². The molecule has 0 bridgehead atoms. The molecule has 15 rings (SSSR count). The number of fused-ring (bicyclic) bond motifs is 7. The van der Waals surface area contributed by atoms with Crippen LogP contribution < -0.4 is 44.1 Å². The molecular formula is C63H73N11O12S. The van der Waals surface area contributed by atoms with Crippen LogP contribution in [0.5, 0.6) is 23.1 Å². The molecule has 11 heterocycles. The second kappa shape index (κ2) is 22.6. The first kappa shape index (κ1) is 56.1. The number of nitro benzene ring substituents is 1. The maximum Gasteiger partial charge on any atom is 0.297 e. The lowest BCUT2D eigenvalue weighted by atomic mass is 9.59. The number of H-pyrrole nitrogens is 1. The van der Waals surface area contributed by atoms with Gasteiger partial charge in [-0.3, -0.25) is 24.7 Å². The second-order valence-corrected chi connectivity index (χ2v) is 26.8. The van der Waals surface area contributed by atoms with Crippen LogP contribution >= 0.6 is 0 Å². The van der Waals surface area contributed by atoms with Crippen LogP contribution in [0.2, 0.25) is 0 Å². The molecular weight excluding hydrogens is 1130 g/mol. The van der Waals surface area contributed by atoms with Gasteiger partial charge in [-0.25, -0.2) is 18.1 Å². The molecule has 6 aromatic rings. The summed E-state index contributed by atoms with van der Waals surface area (Å²) in [5, 5.41) is 20.2. The van der Waals surface area contributed by atoms with Crippen molar-refractivity contribution in [3.8, 4) is 23.1 Å². The van der Waals surface area contributed by atoms with Gasteiger partial charge in [-0.2, -0.15) is 4.98 Å². The highest BCUT2D eigenvalue weighted by Gasteiger charge is 2.51. The third kappa shape index (κ3) is 10.4. The molecule has 9 aliphatic rings. The first-order valence-electron chi connectivity index (χ1n) is 30.8. The second-order valence-electron chi connectivity index (χ2n) is 25.1. The molecule has 1 spiro atoms. The van der Waals surface area contributed by atoms with E-state index in [0.29, 0.717) is 75.0 Å². The fraction of sp³-hybridized carbons (Fsp3) is 0.508. The fourth-order valence-corrected chi connectivity index (χ4v) is 16.2. The maximum absolute atomic E-state index is 15.0. The zero-order valence-electron chi connectivity index (χ0n) is 48.9. The smallest absolute Gasteiger partial charge is 0.297 e. The third-order valence-corrected chi connectivity index (χ3v) is 21.0. The van der Waals surface area contributed by atoms with Gasteiger partial charge in [-0.1, -0.05) is 18.2 Å². The molecule has 458 valence electrons. The Balaban J connectivity index is 0.703. The van der Waals surface area contributed by atoms with Crippen molar-refractivity contribution in [1.29, 1.82) is 0 Å². The van der Waals surface area contributed by atoms with Gasteiger partial charge in [0.05, 0.1) is 77.7 Å². The summed E-state index contributed by atoms with van der Waals surface area (Å²) in [6.07, 6.45) is 9.56. The number of para-hydroxylation sites is 1. The van der Waals surface area contributed by atoms with Crippen LogP contribution in [0.15, 0.2) is 84.0 Å². The molecule has 5 fully saturated rings. The minimum absolute atomic E-state index is 0.0149. The predicted molar refractivity (Wildman–Crippen MR) is 323 cm³/mol. The Kier molecular flexibility index (Phi) is 14.6. The molecule has 4 N–H and O–H groups in total. The van der Waals surface area contributed by atoms with E-state index in [1.165, 1.54) is 17.2 Å². The summed E-state index contributed by atoms with van der Waals surface area (Å²) < 4.78 is 74.6. The van der Waals surface area contributed by atoms with Gasteiger partial charge in [-0.15, -0.1) is 0 Å². The Morgan fingerprint density at radius 2 is 1.72 bits per heavy atom. The number of aromatic amines is 1. The number of hydrogen-bond acceptors (Lipinski definition) is 20. The third-order valence-electron chi connectivity index (χ3n) is 19.7. The molecule has 3 aromatic heterocycles. The highest BCUT2D eigenvalue weighted by molar-refractivity contribution is 7.90. The van der Waals surface area contributed by atoms with E-state index >= 15 is 0 Å². The van der Waals surface area contributed by atoms with Gasteiger partial charge < -0.3 is 58.6 Å². The summed E-state index contributed by atoms with van der Waals surface area (Å²) in [4.78, 5) is 49.2. The summed E-state index contributed by atoms with van der Waals surface area (Å²) in [5.41, 5.74) is 5.96. The lowest BCUT2D eigenvalue weighted by Crippen LogP contribution is -2.60. The Morgan fingerprint density at radius 3 is 2.56 bits per heavy atom. The summed E-state index contributed by atoms with van der Waals surface area (Å²) in [6, 6.07) is 20.2. The number of nitro groups is 1. The van der Waals surface area contributed by atoms with Crippen molar-refractivity contribution in [2.45, 2.75) is 113 Å². The molecule has 5 atom stereocenters. The van der Waals surface area contributed by atoms with Crippen LogP contribution in [0.3, 0.4) is 0 Å². The lowest BCUT2D eigenvalue weighted by molar-refractivity contribution is -0.384. The zero-order chi connectivity index (χ0) is 59.1. The molecule has 0 radical (unpaired) electrons. The van der Waals surface area contributed by atoms with Crippen molar-refractivity contribution in [3.05, 3.63) is 111 Å². The normalized spacial score (nSPS) is 24.8. The number of nitrogens with zero attached hydrogens (tertiary/aromatic N) is 7. The molecule has 1 saturated carbocycles. The van der Waals surface area contributed by atoms with E-state index in [2.05, 4.69) is 78.1 Å². The lowest BCUT2D eigenvalue weighted by Gasteiger charge is -2.58. The number of anilines is 5. The number of rotatable bonds is 12. The summed E-state index contributed by atoms with van der Waals surface area (Å²) in [7, 11) is -4.73. The Morgan fingerprint density at radius 1 is 0.885 bits per heavy atom. The van der Waals surface area contributed by atoms with E-state index in [-0.39, 0.29) is 71.8 Å². The Hall–Kier alpha value is -7.48. The summed E-state index contributed by atoms with van der Waals surface area (Å²) in [5.74, 6) is 2.14. The summed E-state index contributed by atoms with van der Waals surface area (Å²) in [6.45, 7) is 12.8. The van der Waals surface area contributed by atoms with E-state index in [1.807, 2.05) is 36.7 Å². The van der Waals surface area contributed by atoms with Crippen molar-refractivity contribution in [2.75, 3.05) is 106 Å². The van der Waals surface area contributed by atoms with E-state index in [0.717, 1.165) is 118 Å². The number of pyridine rings is 2. The quantitative estimate of drug-likeness (QED) is 0.0665. The van der Waals surface area contributed by atoms with Gasteiger partial charge in [0, 0.05) is 105 Å². The zero-order valence-corrected chi connectivity index (χ0v) is 49.7. The fourth-order valence-electron chi connectivity index (χ4n) is 15.2. The molecule has 87 heavy (non-hydrogen) atoms. The van der Waals surface area contributed by atoms with Gasteiger partial charge in [-0.05, 0) is 112 Å². The molecule has 4 saturated heterocycles. The van der Waals surface area contributed by atoms with Crippen molar-refractivity contribution < 1.29 is 51.3 Å². The molecule has 24 heteroatoms. The van der Waals surface area contributed by atoms with Crippen molar-refractivity contribution >= 4 is 61.2 Å². The van der Waals surface area contributed by atoms with Crippen molar-refractivity contribution in [3.63, 3.8) is 0 Å². The first-order valence-corrected chi connectivity index (χ1v) is 32.3. The van der Waals surface area contributed by atoms with E-state index in [4.69, 9.17) is 43.1 Å². The maximum atomic E-state index is 15.0. The van der Waals surface area contributed by atoms with Crippen LogP contribution in [0.4, 0.5) is 34.3 Å². The van der Waals surface area contributed by atoms with E-state index in [9.17, 15) is 23.3 Å². The van der Waals surface area contributed by atoms with Crippen LogP contribution in [-0.4, -0.2) is 160 Å². The number of carbonyl (C=O) groups excluding carboxylic acids is 1. The standard InChI is InChI=1S/C63H73N11O12S/c1-37(2)85-54-6-4-3-5-43(54)52-32-71(53-35-82-33-46-45(53)31-66-60-58(46)83-24-16-65-60)19-20-72(52)41-29-63(30-41)13-17-70(18-14-63)40-7-8-44(49(26-40)73-48-12-23-81-36-56(48)86-62-51(73)25-39-9-15-64-59(39)68-62)61(75)69-87(78,79)42-27-50(74(76)77)57-55(28-42)84-34-47(67-57)38-10-21-80-22-11-38/h3-9,15,25-28,31,37-38,41,47-48,52-53,56,67H,10-14,16-24,29-30,32-36H2,1-2H3,(H,64,68)(H,65,66)(H,69,75)/t47-,48-,52-,53+,56-/m0/s1. The van der Waals surface area contributed by atoms with Gasteiger partial charge in [0.25, 0.3) is 21.6 Å². The first-order chi connectivity index (χ1) is 42.3. The van der Waals surface area contributed by atoms with Gasteiger partial charge >= 0.3 is 0 Å². The number of aromatic nitrogens is 3. The highest BCUT2D eigenvalue weighted by atomic mass is 32.2. The average Bonchev–Trinajstić information content (AvgIpc) is 1.62. The number of ether oxygens (including phenoxy) is 7. The number of nitrogens with one attached hydrogen (secondary N) is 4. The number of hydrogen-bond donors (Lipinski definition) is 4. The molecule has 3 aromatic carbocycles. The van der Waals surface area contributed by atoms with Gasteiger partial charge in [0.2, 0.25) is 5.88 Å². The highest BCUT2D eigenvalue weighted by Crippen LogP contribution is 2.55. The average molecular weight is 1210 g/mol. The molecule has 1 aliphatic carbocycles. The van der Waals surface area contributed by atoms with Crippen molar-refractivity contribution in [1.82, 2.24) is 29.5 Å². The molecule has 23 nitrogen and oxygen atoms in total. The number of sulfonamides is 1. The number of benzene rings is 3. The minimum Gasteiger partial charge on any atom is -0.491 e. The monoisotopic (exact) mass is 1210 g/mol. The van der Waals surface area contributed by atoms with Crippen LogP contribution in [0.1, 0.15) is 97.9 Å². The van der Waals surface area contributed by atoms with Gasteiger partial charge in [0.1, 0.15) is 36.4 Å². The Labute approximate surface area is 504 Å². The van der Waals surface area contributed by atoms with E-state index < -0.39 is 37.5 Å². The SMILES string of the molecule is CC(C)Oc1ccccc1[C@@H]1CN([C@@H]2COCc3c2cnc2c3OCCN2)CCN1C1CC2(CCN(c3ccc(C(=O)NS(=O)(=O)c4cc5c(c([N+](=O)[O-])c4)N[C@H](C4CCOCC4)CO5)c(N4c5cc6cc[nH]c6nc5O[C@H]5COCC[C@@H]54)c3)CC2)C1.